The standard InChI is InChI=1S/C17H32N2O2/c1-5-19-13-17(21-12-16(19)20)9-6-15(7-10-17)18(4)11-8-14(2)3/h14-15H,5-13H2,1-4H3/t15-,17-. The lowest BCUT2D eigenvalue weighted by molar-refractivity contribution is -0.170. The molecule has 1 saturated heterocycles. The van der Waals surface area contributed by atoms with Crippen LogP contribution in [0.2, 0.25) is 0 Å². The van der Waals surface area contributed by atoms with Crippen LogP contribution in [0.5, 0.6) is 0 Å². The summed E-state index contributed by atoms with van der Waals surface area (Å²) in [7, 11) is 2.26. The van der Waals surface area contributed by atoms with Gasteiger partial charge < -0.3 is 14.5 Å². The van der Waals surface area contributed by atoms with Crippen molar-refractivity contribution in [2.24, 2.45) is 5.92 Å². The number of likely N-dealkylation sites (N-methyl/N-ethyl adjacent to an activating group) is 1. The fourth-order valence-electron chi connectivity index (χ4n) is 3.59. The molecule has 0 unspecified atom stereocenters. The van der Waals surface area contributed by atoms with E-state index in [-0.39, 0.29) is 18.1 Å². The Bertz CT molecular complexity index is 349. The number of carbonyl (C=O) groups excluding carboxylic acids is 1. The van der Waals surface area contributed by atoms with Crippen LogP contribution in [0.1, 0.15) is 52.9 Å². The molecule has 2 fully saturated rings. The van der Waals surface area contributed by atoms with Crippen molar-refractivity contribution in [2.75, 3.05) is 33.3 Å². The minimum absolute atomic E-state index is 0.0562. The van der Waals surface area contributed by atoms with E-state index in [1.165, 1.54) is 25.8 Å². The molecule has 1 saturated carbocycles. The maximum absolute atomic E-state index is 11.8. The first-order chi connectivity index (χ1) is 9.96. The van der Waals surface area contributed by atoms with Crippen LogP contribution in [0.25, 0.3) is 0 Å². The van der Waals surface area contributed by atoms with Gasteiger partial charge in [0.15, 0.2) is 0 Å². The molecule has 0 aromatic rings. The summed E-state index contributed by atoms with van der Waals surface area (Å²) in [5, 5.41) is 0. The summed E-state index contributed by atoms with van der Waals surface area (Å²) in [5.41, 5.74) is -0.0562. The Labute approximate surface area is 129 Å². The molecular weight excluding hydrogens is 264 g/mol. The molecule has 2 aliphatic rings. The van der Waals surface area contributed by atoms with Crippen molar-refractivity contribution in [1.29, 1.82) is 0 Å². The Morgan fingerprint density at radius 1 is 1.38 bits per heavy atom. The molecule has 0 aromatic heterocycles. The predicted octanol–water partition coefficient (Wildman–Crippen LogP) is 2.52. The van der Waals surface area contributed by atoms with Gasteiger partial charge in [-0.15, -0.1) is 0 Å². The highest BCUT2D eigenvalue weighted by molar-refractivity contribution is 5.78. The van der Waals surface area contributed by atoms with Crippen LogP contribution >= 0.6 is 0 Å². The number of amides is 1. The number of hydrogen-bond acceptors (Lipinski definition) is 3. The maximum Gasteiger partial charge on any atom is 0.248 e. The van der Waals surface area contributed by atoms with E-state index < -0.39 is 0 Å². The third kappa shape index (κ3) is 4.19. The lowest BCUT2D eigenvalue weighted by Gasteiger charge is -2.47. The molecule has 4 nitrogen and oxygen atoms in total. The molecule has 2 rings (SSSR count). The highest BCUT2D eigenvalue weighted by Crippen LogP contribution is 2.36. The van der Waals surface area contributed by atoms with Crippen LogP contribution in [0.3, 0.4) is 0 Å². The van der Waals surface area contributed by atoms with Gasteiger partial charge in [-0.1, -0.05) is 13.8 Å². The molecule has 1 spiro atoms. The van der Waals surface area contributed by atoms with Gasteiger partial charge in [0.1, 0.15) is 6.61 Å². The quantitative estimate of drug-likeness (QED) is 0.781. The van der Waals surface area contributed by atoms with Crippen LogP contribution in [0.15, 0.2) is 0 Å². The summed E-state index contributed by atoms with van der Waals surface area (Å²) in [6, 6.07) is 0.686. The normalized spacial score (nSPS) is 30.7. The van der Waals surface area contributed by atoms with Crippen molar-refractivity contribution in [3.63, 3.8) is 0 Å². The third-order valence-electron chi connectivity index (χ3n) is 5.26. The molecule has 1 aliphatic carbocycles. The first kappa shape index (κ1) is 16.8. The van der Waals surface area contributed by atoms with Crippen LogP contribution in [0.4, 0.5) is 0 Å². The van der Waals surface area contributed by atoms with Crippen LogP contribution in [-0.4, -0.2) is 60.6 Å². The summed E-state index contributed by atoms with van der Waals surface area (Å²) in [6.07, 6.45) is 5.84. The largest absolute Gasteiger partial charge is 0.363 e. The Kier molecular flexibility index (Phi) is 5.67. The highest BCUT2D eigenvalue weighted by Gasteiger charge is 2.42. The van der Waals surface area contributed by atoms with E-state index in [0.717, 1.165) is 31.8 Å². The van der Waals surface area contributed by atoms with Gasteiger partial charge >= 0.3 is 0 Å². The van der Waals surface area contributed by atoms with E-state index in [1.54, 1.807) is 0 Å². The van der Waals surface area contributed by atoms with Gasteiger partial charge in [-0.05, 0) is 58.5 Å². The van der Waals surface area contributed by atoms with Crippen LogP contribution < -0.4 is 0 Å². The molecule has 0 radical (unpaired) electrons. The molecule has 1 amide bonds. The number of ether oxygens (including phenoxy) is 1. The van der Waals surface area contributed by atoms with Gasteiger partial charge in [-0.25, -0.2) is 0 Å². The molecular formula is C17H32N2O2. The van der Waals surface area contributed by atoms with Crippen molar-refractivity contribution >= 4 is 5.91 Å². The van der Waals surface area contributed by atoms with Gasteiger partial charge in [0.25, 0.3) is 0 Å². The zero-order chi connectivity index (χ0) is 15.5. The Morgan fingerprint density at radius 2 is 2.05 bits per heavy atom. The van der Waals surface area contributed by atoms with Gasteiger partial charge in [0, 0.05) is 19.1 Å². The SMILES string of the molecule is CCN1C[C@]2(CC[C@@H](N(C)CCC(C)C)CC2)OCC1=O. The summed E-state index contributed by atoms with van der Waals surface area (Å²) >= 11 is 0. The second-order valence-corrected chi connectivity index (χ2v) is 7.27. The number of morpholine rings is 1. The first-order valence-electron chi connectivity index (χ1n) is 8.58. The molecule has 4 heteroatoms. The van der Waals surface area contributed by atoms with Crippen molar-refractivity contribution in [3.05, 3.63) is 0 Å². The number of carbonyl (C=O) groups is 1. The Hall–Kier alpha value is -0.610. The number of nitrogens with zero attached hydrogens (tertiary/aromatic N) is 2. The monoisotopic (exact) mass is 296 g/mol. The predicted molar refractivity (Wildman–Crippen MR) is 85.3 cm³/mol. The van der Waals surface area contributed by atoms with E-state index in [2.05, 4.69) is 32.7 Å². The Morgan fingerprint density at radius 3 is 2.62 bits per heavy atom. The van der Waals surface area contributed by atoms with Crippen molar-refractivity contribution in [2.45, 2.75) is 64.5 Å². The third-order valence-corrected chi connectivity index (χ3v) is 5.26. The molecule has 21 heavy (non-hydrogen) atoms. The molecule has 0 atom stereocenters. The zero-order valence-electron chi connectivity index (χ0n) is 14.2. The van der Waals surface area contributed by atoms with Gasteiger partial charge in [-0.3, -0.25) is 4.79 Å². The van der Waals surface area contributed by atoms with Crippen LogP contribution in [0, 0.1) is 5.92 Å². The van der Waals surface area contributed by atoms with Crippen molar-refractivity contribution in [3.8, 4) is 0 Å². The van der Waals surface area contributed by atoms with Crippen LogP contribution in [-0.2, 0) is 9.53 Å². The molecule has 0 bridgehead atoms. The molecule has 0 N–H and O–H groups in total. The zero-order valence-corrected chi connectivity index (χ0v) is 14.2. The average Bonchev–Trinajstić information content (AvgIpc) is 2.48. The van der Waals surface area contributed by atoms with E-state index in [9.17, 15) is 4.79 Å². The molecule has 122 valence electrons. The van der Waals surface area contributed by atoms with E-state index in [0.29, 0.717) is 6.04 Å². The summed E-state index contributed by atoms with van der Waals surface area (Å²) in [5.74, 6) is 0.924. The molecule has 1 aliphatic heterocycles. The maximum atomic E-state index is 11.8. The highest BCUT2D eigenvalue weighted by atomic mass is 16.5. The average molecular weight is 296 g/mol. The van der Waals surface area contributed by atoms with Gasteiger partial charge in [0.05, 0.1) is 5.60 Å². The smallest absolute Gasteiger partial charge is 0.248 e. The number of hydrogen-bond donors (Lipinski definition) is 0. The van der Waals surface area contributed by atoms with Gasteiger partial charge in [-0.2, -0.15) is 0 Å². The minimum Gasteiger partial charge on any atom is -0.363 e. The molecule has 1 heterocycles. The van der Waals surface area contributed by atoms with Gasteiger partial charge in [0.2, 0.25) is 5.91 Å². The topological polar surface area (TPSA) is 32.8 Å². The van der Waals surface area contributed by atoms with E-state index in [1.807, 2.05) is 4.90 Å². The lowest BCUT2D eigenvalue weighted by Crippen LogP contribution is -2.57. The minimum atomic E-state index is -0.0562. The van der Waals surface area contributed by atoms with E-state index >= 15 is 0 Å². The van der Waals surface area contributed by atoms with Crippen molar-refractivity contribution in [1.82, 2.24) is 9.80 Å². The first-order valence-corrected chi connectivity index (χ1v) is 8.58. The van der Waals surface area contributed by atoms with E-state index in [4.69, 9.17) is 4.74 Å². The fourth-order valence-corrected chi connectivity index (χ4v) is 3.59. The molecule has 0 aromatic carbocycles. The summed E-state index contributed by atoms with van der Waals surface area (Å²) in [4.78, 5) is 16.3. The second-order valence-electron chi connectivity index (χ2n) is 7.27. The second kappa shape index (κ2) is 7.10. The fraction of sp³-hybridized carbons (Fsp3) is 0.941. The summed E-state index contributed by atoms with van der Waals surface area (Å²) in [6.45, 7) is 9.71. The Balaban J connectivity index is 1.83. The van der Waals surface area contributed by atoms with Crippen molar-refractivity contribution < 1.29 is 9.53 Å². The number of rotatable bonds is 5. The summed E-state index contributed by atoms with van der Waals surface area (Å²) < 4.78 is 5.97. The lowest BCUT2D eigenvalue weighted by atomic mass is 9.80.